The van der Waals surface area contributed by atoms with Gasteiger partial charge < -0.3 is 14.4 Å². The molecule has 3 aliphatic rings. The summed E-state index contributed by atoms with van der Waals surface area (Å²) in [5.41, 5.74) is 0.234. The third kappa shape index (κ3) is 2.73. The van der Waals surface area contributed by atoms with Crippen LogP contribution in [0.3, 0.4) is 0 Å². The van der Waals surface area contributed by atoms with E-state index < -0.39 is 0 Å². The van der Waals surface area contributed by atoms with E-state index in [1.54, 1.807) is 7.11 Å². The fraction of sp³-hybridized carbons (Fsp3) is 0.938. The summed E-state index contributed by atoms with van der Waals surface area (Å²) in [7, 11) is 1.78. The monoisotopic (exact) mass is 281 g/mol. The molecular weight excluding hydrogens is 254 g/mol. The molecule has 114 valence electrons. The van der Waals surface area contributed by atoms with Gasteiger partial charge in [-0.1, -0.05) is 19.3 Å². The topological polar surface area (TPSA) is 38.8 Å². The number of fused-ring (bicyclic) bond motifs is 1. The summed E-state index contributed by atoms with van der Waals surface area (Å²) >= 11 is 0. The van der Waals surface area contributed by atoms with E-state index in [-0.39, 0.29) is 17.9 Å². The molecule has 0 aromatic heterocycles. The third-order valence-corrected chi connectivity index (χ3v) is 5.57. The smallest absolute Gasteiger partial charge is 0.248 e. The molecule has 2 aliphatic carbocycles. The summed E-state index contributed by atoms with van der Waals surface area (Å²) in [6.45, 7) is 2.86. The molecular formula is C16H27NO3. The van der Waals surface area contributed by atoms with Crippen molar-refractivity contribution in [3.8, 4) is 0 Å². The predicted molar refractivity (Wildman–Crippen MR) is 76.4 cm³/mol. The fourth-order valence-corrected chi connectivity index (χ4v) is 4.46. The van der Waals surface area contributed by atoms with Gasteiger partial charge >= 0.3 is 0 Å². The summed E-state index contributed by atoms with van der Waals surface area (Å²) in [5.74, 6) is 0.819. The van der Waals surface area contributed by atoms with Gasteiger partial charge in [-0.3, -0.25) is 4.79 Å². The Kier molecular flexibility index (Phi) is 4.32. The second-order valence-corrected chi connectivity index (χ2v) is 6.88. The number of ether oxygens (including phenoxy) is 2. The highest BCUT2D eigenvalue weighted by atomic mass is 16.5. The van der Waals surface area contributed by atoms with Crippen molar-refractivity contribution < 1.29 is 14.3 Å². The summed E-state index contributed by atoms with van der Waals surface area (Å²) in [6.07, 6.45) is 8.83. The van der Waals surface area contributed by atoms with Gasteiger partial charge in [0.2, 0.25) is 5.91 Å². The lowest BCUT2D eigenvalue weighted by atomic mass is 9.82. The lowest BCUT2D eigenvalue weighted by Gasteiger charge is -2.27. The average molecular weight is 281 g/mol. The lowest BCUT2D eigenvalue weighted by molar-refractivity contribution is -0.137. The van der Waals surface area contributed by atoms with E-state index in [0.717, 1.165) is 32.5 Å². The number of nitrogens with zero attached hydrogens (tertiary/aromatic N) is 1. The Morgan fingerprint density at radius 1 is 1.25 bits per heavy atom. The van der Waals surface area contributed by atoms with Crippen molar-refractivity contribution in [3.63, 3.8) is 0 Å². The quantitative estimate of drug-likeness (QED) is 0.775. The largest absolute Gasteiger partial charge is 0.384 e. The number of likely N-dealkylation sites (tertiary alicyclic amines) is 1. The van der Waals surface area contributed by atoms with Crippen LogP contribution >= 0.6 is 0 Å². The first-order valence-electron chi connectivity index (χ1n) is 8.12. The highest BCUT2D eigenvalue weighted by Crippen LogP contribution is 2.48. The fourth-order valence-electron chi connectivity index (χ4n) is 4.46. The molecule has 1 amide bonds. The van der Waals surface area contributed by atoms with Crippen molar-refractivity contribution in [1.82, 2.24) is 4.90 Å². The molecule has 0 aromatic rings. The maximum atomic E-state index is 12.3. The van der Waals surface area contributed by atoms with Gasteiger partial charge in [0.25, 0.3) is 0 Å². The number of carbonyl (C=O) groups is 1. The highest BCUT2D eigenvalue weighted by molar-refractivity contribution is 5.78. The Hall–Kier alpha value is -0.610. The first-order valence-corrected chi connectivity index (χ1v) is 8.12. The summed E-state index contributed by atoms with van der Waals surface area (Å²) in [5, 5.41) is 0. The molecule has 1 saturated heterocycles. The van der Waals surface area contributed by atoms with Crippen LogP contribution in [-0.2, 0) is 14.3 Å². The number of hydrogen-bond donors (Lipinski definition) is 0. The molecule has 20 heavy (non-hydrogen) atoms. The van der Waals surface area contributed by atoms with Gasteiger partial charge in [0.1, 0.15) is 6.61 Å². The second-order valence-electron chi connectivity index (χ2n) is 6.88. The normalized spacial score (nSPS) is 33.9. The predicted octanol–water partition coefficient (Wildman–Crippen LogP) is 2.22. The van der Waals surface area contributed by atoms with E-state index in [9.17, 15) is 4.79 Å². The van der Waals surface area contributed by atoms with Crippen LogP contribution in [0.5, 0.6) is 0 Å². The zero-order chi connectivity index (χ0) is 14.0. The zero-order valence-corrected chi connectivity index (χ0v) is 12.6. The van der Waals surface area contributed by atoms with Gasteiger partial charge in [-0.2, -0.15) is 0 Å². The van der Waals surface area contributed by atoms with Crippen molar-refractivity contribution in [2.24, 2.45) is 11.3 Å². The van der Waals surface area contributed by atoms with Crippen molar-refractivity contribution in [2.75, 3.05) is 33.4 Å². The second kappa shape index (κ2) is 6.02. The Bertz CT molecular complexity index is 354. The number of amides is 1. The third-order valence-electron chi connectivity index (χ3n) is 5.57. The van der Waals surface area contributed by atoms with Crippen LogP contribution in [0.4, 0.5) is 0 Å². The number of methoxy groups -OCH3 is 1. The van der Waals surface area contributed by atoms with Gasteiger partial charge in [0.05, 0.1) is 12.7 Å². The molecule has 0 bridgehead atoms. The maximum absolute atomic E-state index is 12.3. The molecule has 0 unspecified atom stereocenters. The van der Waals surface area contributed by atoms with Crippen LogP contribution < -0.4 is 0 Å². The van der Waals surface area contributed by atoms with E-state index in [4.69, 9.17) is 9.47 Å². The molecule has 0 spiro atoms. The number of rotatable bonds is 5. The van der Waals surface area contributed by atoms with Crippen molar-refractivity contribution in [3.05, 3.63) is 0 Å². The SMILES string of the molecule is COC[C@]12CCC[C@H]1CN(C(=O)COC1CCCC1)C2. The summed E-state index contributed by atoms with van der Waals surface area (Å²) in [6, 6.07) is 0. The van der Waals surface area contributed by atoms with Gasteiger partial charge in [-0.25, -0.2) is 0 Å². The Morgan fingerprint density at radius 2 is 2.05 bits per heavy atom. The van der Waals surface area contributed by atoms with Crippen LogP contribution in [-0.4, -0.2) is 50.3 Å². The van der Waals surface area contributed by atoms with Crippen LogP contribution in [0.25, 0.3) is 0 Å². The zero-order valence-electron chi connectivity index (χ0n) is 12.6. The minimum atomic E-state index is 0.182. The van der Waals surface area contributed by atoms with E-state index in [1.165, 1.54) is 32.1 Å². The molecule has 2 atom stereocenters. The Morgan fingerprint density at radius 3 is 2.80 bits per heavy atom. The number of carbonyl (C=O) groups excluding carboxylic acids is 1. The molecule has 2 saturated carbocycles. The molecule has 1 heterocycles. The Balaban J connectivity index is 1.52. The van der Waals surface area contributed by atoms with Crippen molar-refractivity contribution >= 4 is 5.91 Å². The summed E-state index contributed by atoms with van der Waals surface area (Å²) in [4.78, 5) is 14.4. The molecule has 3 fully saturated rings. The van der Waals surface area contributed by atoms with Crippen LogP contribution in [0.2, 0.25) is 0 Å². The van der Waals surface area contributed by atoms with Crippen LogP contribution in [0.1, 0.15) is 44.9 Å². The minimum Gasteiger partial charge on any atom is -0.384 e. The van der Waals surface area contributed by atoms with Crippen LogP contribution in [0.15, 0.2) is 0 Å². The summed E-state index contributed by atoms with van der Waals surface area (Å²) < 4.78 is 11.2. The Labute approximate surface area is 121 Å². The lowest BCUT2D eigenvalue weighted by Crippen LogP contribution is -2.36. The first-order chi connectivity index (χ1) is 9.73. The first kappa shape index (κ1) is 14.3. The maximum Gasteiger partial charge on any atom is 0.248 e. The van der Waals surface area contributed by atoms with Crippen LogP contribution in [0, 0.1) is 11.3 Å². The van der Waals surface area contributed by atoms with Gasteiger partial charge in [0, 0.05) is 25.6 Å². The highest BCUT2D eigenvalue weighted by Gasteiger charge is 2.50. The molecule has 4 heteroatoms. The van der Waals surface area contributed by atoms with Crippen molar-refractivity contribution in [1.29, 1.82) is 0 Å². The van der Waals surface area contributed by atoms with E-state index >= 15 is 0 Å². The number of hydrogen-bond acceptors (Lipinski definition) is 3. The van der Waals surface area contributed by atoms with E-state index in [0.29, 0.717) is 12.0 Å². The van der Waals surface area contributed by atoms with Crippen molar-refractivity contribution in [2.45, 2.75) is 51.0 Å². The van der Waals surface area contributed by atoms with E-state index in [1.807, 2.05) is 4.90 Å². The molecule has 1 aliphatic heterocycles. The molecule has 0 aromatic carbocycles. The standard InChI is InChI=1S/C16H27NO3/c1-19-12-16-8-4-5-13(16)9-17(11-16)15(18)10-20-14-6-2-3-7-14/h13-14H,2-12H2,1H3/t13-,16+/m0/s1. The van der Waals surface area contributed by atoms with E-state index in [2.05, 4.69) is 0 Å². The van der Waals surface area contributed by atoms with Gasteiger partial charge in [-0.05, 0) is 31.6 Å². The molecule has 4 nitrogen and oxygen atoms in total. The van der Waals surface area contributed by atoms with Gasteiger partial charge in [0.15, 0.2) is 0 Å². The minimum absolute atomic E-state index is 0.182. The molecule has 0 N–H and O–H groups in total. The molecule has 3 rings (SSSR count). The average Bonchev–Trinajstić information content (AvgIpc) is 3.10. The molecule has 0 radical (unpaired) electrons. The van der Waals surface area contributed by atoms with Gasteiger partial charge in [-0.15, -0.1) is 0 Å².